The summed E-state index contributed by atoms with van der Waals surface area (Å²) in [6, 6.07) is 0. The van der Waals surface area contributed by atoms with E-state index in [0.29, 0.717) is 0 Å². The fourth-order valence-corrected chi connectivity index (χ4v) is 3.68. The zero-order valence-corrected chi connectivity index (χ0v) is 18.4. The average Bonchev–Trinajstić information content (AvgIpc) is 2.63. The van der Waals surface area contributed by atoms with Gasteiger partial charge in [0, 0.05) is 7.11 Å². The molecule has 0 aromatic heterocycles. The summed E-state index contributed by atoms with van der Waals surface area (Å²) >= 11 is 0. The van der Waals surface area contributed by atoms with Crippen molar-refractivity contribution in [2.45, 2.75) is 122 Å². The third kappa shape index (κ3) is 20.4. The van der Waals surface area contributed by atoms with E-state index >= 15 is 0 Å². The Balaban J connectivity index is 3.06. The molecular weight excluding hydrogens is 350 g/mol. The van der Waals surface area contributed by atoms with Gasteiger partial charge in [-0.15, -0.1) is 4.20 Å². The lowest BCUT2D eigenvalue weighted by atomic mass is 10.0. The van der Waals surface area contributed by atoms with Crippen LogP contribution in [-0.2, 0) is 13.6 Å². The number of halogens is 1. The molecule has 0 fully saturated rings. The van der Waals surface area contributed by atoms with Crippen molar-refractivity contribution in [1.29, 1.82) is 0 Å². The summed E-state index contributed by atoms with van der Waals surface area (Å²) in [6.45, 7) is 2.45. The molecule has 0 aliphatic heterocycles. The summed E-state index contributed by atoms with van der Waals surface area (Å²) in [5, 5.41) is 0. The van der Waals surface area contributed by atoms with E-state index in [9.17, 15) is 8.76 Å². The van der Waals surface area contributed by atoms with E-state index < -0.39 is 7.91 Å². The molecule has 5 heteroatoms. The Bertz CT molecular complexity index is 326. The first-order chi connectivity index (χ1) is 12.6. The molecule has 0 radical (unpaired) electrons. The highest BCUT2D eigenvalue weighted by Gasteiger charge is 2.20. The number of hydrogen-bond acceptors (Lipinski definition) is 3. The molecule has 0 saturated heterocycles. The molecular formula is C21H44FO3P. The van der Waals surface area contributed by atoms with Crippen molar-refractivity contribution < 1.29 is 17.8 Å². The number of hydrogen-bond donors (Lipinski definition) is 0. The fraction of sp³-hybridized carbons (Fsp3) is 1.00. The maximum atomic E-state index is 12.9. The maximum absolute atomic E-state index is 12.9. The van der Waals surface area contributed by atoms with Crippen LogP contribution in [0.25, 0.3) is 0 Å². The molecule has 26 heavy (non-hydrogen) atoms. The number of unbranched alkanes of at least 4 members (excludes halogenated alkanes) is 17. The quantitative estimate of drug-likeness (QED) is 0.144. The van der Waals surface area contributed by atoms with Gasteiger partial charge in [0.15, 0.2) is 0 Å². The maximum Gasteiger partial charge on any atom is 0.512 e. The minimum Gasteiger partial charge on any atom is -0.287 e. The molecule has 1 atom stereocenters. The van der Waals surface area contributed by atoms with Crippen LogP contribution < -0.4 is 0 Å². The van der Waals surface area contributed by atoms with Gasteiger partial charge in [0.25, 0.3) is 0 Å². The molecule has 158 valence electrons. The van der Waals surface area contributed by atoms with Crippen LogP contribution in [0.3, 0.4) is 0 Å². The molecule has 0 bridgehead atoms. The van der Waals surface area contributed by atoms with Crippen molar-refractivity contribution in [1.82, 2.24) is 0 Å². The van der Waals surface area contributed by atoms with Crippen LogP contribution in [0.2, 0.25) is 0 Å². The summed E-state index contributed by atoms with van der Waals surface area (Å²) in [5.74, 6) is 0. The lowest BCUT2D eigenvalue weighted by molar-refractivity contribution is 0.197. The monoisotopic (exact) mass is 394 g/mol. The van der Waals surface area contributed by atoms with Crippen molar-refractivity contribution in [3.8, 4) is 0 Å². The van der Waals surface area contributed by atoms with E-state index in [1.165, 1.54) is 96.3 Å². The van der Waals surface area contributed by atoms with E-state index in [0.717, 1.165) is 26.4 Å². The second kappa shape index (κ2) is 19.8. The van der Waals surface area contributed by atoms with Gasteiger partial charge < -0.3 is 0 Å². The Morgan fingerprint density at radius 1 is 0.615 bits per heavy atom. The molecule has 3 nitrogen and oxygen atoms in total. The standard InChI is InChI=1S/C21H44FO3P/c1-3-4-5-6-7-8-9-10-11-12-13-14-15-16-17-18-19-20-21-25-26(22,23)24-2/h3-21H2,1-2H3. The predicted octanol–water partition coefficient (Wildman–Crippen LogP) is 8.77. The van der Waals surface area contributed by atoms with Gasteiger partial charge in [-0.3, -0.25) is 9.05 Å². The Hall–Kier alpha value is 0.0800. The molecule has 0 saturated carbocycles. The fourth-order valence-electron chi connectivity index (χ4n) is 3.23. The van der Waals surface area contributed by atoms with Crippen molar-refractivity contribution in [3.63, 3.8) is 0 Å². The largest absolute Gasteiger partial charge is 0.512 e. The third-order valence-electron chi connectivity index (χ3n) is 4.96. The van der Waals surface area contributed by atoms with Gasteiger partial charge in [-0.1, -0.05) is 116 Å². The molecule has 0 N–H and O–H groups in total. The van der Waals surface area contributed by atoms with Crippen LogP contribution in [0.15, 0.2) is 0 Å². The lowest BCUT2D eigenvalue weighted by Crippen LogP contribution is -1.92. The van der Waals surface area contributed by atoms with Gasteiger partial charge in [-0.25, -0.2) is 4.57 Å². The van der Waals surface area contributed by atoms with Crippen LogP contribution in [-0.4, -0.2) is 13.7 Å². The van der Waals surface area contributed by atoms with E-state index in [1.54, 1.807) is 0 Å². The van der Waals surface area contributed by atoms with Gasteiger partial charge in [0.05, 0.1) is 6.61 Å². The van der Waals surface area contributed by atoms with Gasteiger partial charge in [-0.2, -0.15) is 0 Å². The second-order valence-electron chi connectivity index (χ2n) is 7.46. The van der Waals surface area contributed by atoms with E-state index in [4.69, 9.17) is 0 Å². The van der Waals surface area contributed by atoms with Crippen LogP contribution in [0.1, 0.15) is 122 Å². The summed E-state index contributed by atoms with van der Waals surface area (Å²) < 4.78 is 32.4. The molecule has 0 aliphatic carbocycles. The minimum atomic E-state index is -4.27. The van der Waals surface area contributed by atoms with E-state index in [2.05, 4.69) is 16.0 Å². The molecule has 0 aromatic rings. The lowest BCUT2D eigenvalue weighted by Gasteiger charge is -2.06. The smallest absolute Gasteiger partial charge is 0.287 e. The highest BCUT2D eigenvalue weighted by Crippen LogP contribution is 2.48. The summed E-state index contributed by atoms with van der Waals surface area (Å²) in [5.41, 5.74) is 0. The molecule has 0 rings (SSSR count). The molecule has 0 amide bonds. The predicted molar refractivity (Wildman–Crippen MR) is 110 cm³/mol. The van der Waals surface area contributed by atoms with Crippen LogP contribution in [0.5, 0.6) is 0 Å². The second-order valence-corrected chi connectivity index (χ2v) is 8.94. The van der Waals surface area contributed by atoms with Gasteiger partial charge in [-0.05, 0) is 6.42 Å². The van der Waals surface area contributed by atoms with E-state index in [1.807, 2.05) is 0 Å². The Kier molecular flexibility index (Phi) is 19.9. The van der Waals surface area contributed by atoms with Crippen molar-refractivity contribution >= 4 is 7.91 Å². The highest BCUT2D eigenvalue weighted by molar-refractivity contribution is 7.48. The summed E-state index contributed by atoms with van der Waals surface area (Å²) in [4.78, 5) is 0. The Morgan fingerprint density at radius 2 is 0.923 bits per heavy atom. The first-order valence-electron chi connectivity index (χ1n) is 11.1. The first kappa shape index (κ1) is 26.1. The average molecular weight is 395 g/mol. The van der Waals surface area contributed by atoms with Gasteiger partial charge in [0.1, 0.15) is 0 Å². The summed E-state index contributed by atoms with van der Waals surface area (Å²) in [7, 11) is -3.20. The molecule has 0 heterocycles. The zero-order valence-electron chi connectivity index (χ0n) is 17.5. The molecule has 1 unspecified atom stereocenters. The van der Waals surface area contributed by atoms with E-state index in [-0.39, 0.29) is 6.61 Å². The van der Waals surface area contributed by atoms with Crippen LogP contribution in [0.4, 0.5) is 4.20 Å². The minimum absolute atomic E-state index is 0.181. The van der Waals surface area contributed by atoms with Gasteiger partial charge >= 0.3 is 7.91 Å². The molecule has 0 spiro atoms. The topological polar surface area (TPSA) is 35.5 Å². The summed E-state index contributed by atoms with van der Waals surface area (Å²) in [6.07, 6.45) is 23.6. The molecule has 0 aromatic carbocycles. The SMILES string of the molecule is CCCCCCCCCCCCCCCCCCCCOP(=O)(F)OC. The third-order valence-corrected chi connectivity index (χ3v) is 5.89. The van der Waals surface area contributed by atoms with Crippen molar-refractivity contribution in [3.05, 3.63) is 0 Å². The normalized spacial score (nSPS) is 13.8. The highest BCUT2D eigenvalue weighted by atomic mass is 31.2. The molecule has 0 aliphatic rings. The van der Waals surface area contributed by atoms with Crippen molar-refractivity contribution in [2.24, 2.45) is 0 Å². The van der Waals surface area contributed by atoms with Crippen LogP contribution in [0, 0.1) is 0 Å². The Morgan fingerprint density at radius 3 is 1.23 bits per heavy atom. The van der Waals surface area contributed by atoms with Crippen molar-refractivity contribution in [2.75, 3.05) is 13.7 Å². The van der Waals surface area contributed by atoms with Crippen LogP contribution >= 0.6 is 7.91 Å². The number of rotatable bonds is 21. The zero-order chi connectivity index (χ0) is 19.3. The first-order valence-corrected chi connectivity index (χ1v) is 12.6. The van der Waals surface area contributed by atoms with Gasteiger partial charge in [0.2, 0.25) is 0 Å². The Labute approximate surface area is 162 Å².